The van der Waals surface area contributed by atoms with Gasteiger partial charge in [-0.3, -0.25) is 4.79 Å². The van der Waals surface area contributed by atoms with Gasteiger partial charge in [-0.2, -0.15) is 0 Å². The number of aryl methyl sites for hydroxylation is 1. The first-order valence-electron chi connectivity index (χ1n) is 6.31. The summed E-state index contributed by atoms with van der Waals surface area (Å²) in [6, 6.07) is 0. The summed E-state index contributed by atoms with van der Waals surface area (Å²) in [5, 5.41) is -0.166. The number of aromatic nitrogens is 1. The van der Waals surface area contributed by atoms with Crippen LogP contribution in [0.5, 0.6) is 0 Å². The second-order valence-electron chi connectivity index (χ2n) is 4.28. The molecule has 0 radical (unpaired) electrons. The van der Waals surface area contributed by atoms with Gasteiger partial charge in [0.25, 0.3) is 0 Å². The minimum Gasteiger partial charge on any atom is -0.462 e. The van der Waals surface area contributed by atoms with Crippen LogP contribution in [0.25, 0.3) is 10.9 Å². The standard InChI is InChI=1S/C14H12BrF2NO3/c1-3-6-8-12(11(17)9(15)10(6)16)18-5-7(13(8)19)14(20)21-4-2/h5H,3-4H2,1-2H3,(H,18,19). The summed E-state index contributed by atoms with van der Waals surface area (Å²) in [4.78, 5) is 26.6. The maximum atomic E-state index is 14.1. The zero-order valence-electron chi connectivity index (χ0n) is 11.4. The number of esters is 1. The van der Waals surface area contributed by atoms with Gasteiger partial charge in [0, 0.05) is 11.8 Å². The average Bonchev–Trinajstić information content (AvgIpc) is 2.46. The molecule has 0 unspecified atom stereocenters. The van der Waals surface area contributed by atoms with E-state index in [1.54, 1.807) is 13.8 Å². The fourth-order valence-corrected chi connectivity index (χ4v) is 2.57. The highest BCUT2D eigenvalue weighted by Gasteiger charge is 2.23. The summed E-state index contributed by atoms with van der Waals surface area (Å²) >= 11 is 2.83. The Kier molecular flexibility index (Phi) is 4.41. The van der Waals surface area contributed by atoms with Gasteiger partial charge in [0.1, 0.15) is 11.4 Å². The molecule has 2 rings (SSSR count). The van der Waals surface area contributed by atoms with Crippen LogP contribution in [0.3, 0.4) is 0 Å². The first-order chi connectivity index (χ1) is 9.93. The zero-order chi connectivity index (χ0) is 15.7. The number of H-pyrrole nitrogens is 1. The Morgan fingerprint density at radius 1 is 1.33 bits per heavy atom. The smallest absolute Gasteiger partial charge is 0.343 e. The van der Waals surface area contributed by atoms with Gasteiger partial charge >= 0.3 is 5.97 Å². The van der Waals surface area contributed by atoms with Crippen molar-refractivity contribution in [2.24, 2.45) is 0 Å². The molecule has 21 heavy (non-hydrogen) atoms. The van der Waals surface area contributed by atoms with Crippen molar-refractivity contribution >= 4 is 32.8 Å². The highest BCUT2D eigenvalue weighted by Crippen LogP contribution is 2.30. The molecule has 2 aromatic rings. The van der Waals surface area contributed by atoms with Crippen molar-refractivity contribution in [3.63, 3.8) is 0 Å². The summed E-state index contributed by atoms with van der Waals surface area (Å²) in [6.45, 7) is 3.33. The van der Waals surface area contributed by atoms with E-state index in [-0.39, 0.29) is 39.5 Å². The van der Waals surface area contributed by atoms with Crippen molar-refractivity contribution in [1.29, 1.82) is 0 Å². The van der Waals surface area contributed by atoms with Crippen LogP contribution in [0.4, 0.5) is 8.78 Å². The predicted octanol–water partition coefficient (Wildman–Crippen LogP) is 3.31. The second-order valence-corrected chi connectivity index (χ2v) is 5.07. The molecule has 0 aliphatic carbocycles. The summed E-state index contributed by atoms with van der Waals surface area (Å²) in [6.07, 6.45) is 1.26. The van der Waals surface area contributed by atoms with Gasteiger partial charge in [-0.05, 0) is 29.3 Å². The van der Waals surface area contributed by atoms with Gasteiger partial charge in [-0.15, -0.1) is 0 Å². The van der Waals surface area contributed by atoms with E-state index in [2.05, 4.69) is 20.9 Å². The van der Waals surface area contributed by atoms with Crippen LogP contribution in [0.1, 0.15) is 29.8 Å². The largest absolute Gasteiger partial charge is 0.462 e. The molecule has 0 amide bonds. The molecule has 0 atom stereocenters. The molecule has 0 bridgehead atoms. The summed E-state index contributed by atoms with van der Waals surface area (Å²) in [5.74, 6) is -2.58. The van der Waals surface area contributed by atoms with Crippen molar-refractivity contribution in [3.05, 3.63) is 43.7 Å². The first-order valence-corrected chi connectivity index (χ1v) is 7.11. The Bertz CT molecular complexity index is 786. The maximum Gasteiger partial charge on any atom is 0.343 e. The third-order valence-corrected chi connectivity index (χ3v) is 3.80. The number of rotatable bonds is 3. The topological polar surface area (TPSA) is 59.2 Å². The van der Waals surface area contributed by atoms with Crippen molar-refractivity contribution in [2.75, 3.05) is 6.61 Å². The van der Waals surface area contributed by atoms with Gasteiger partial charge in [-0.25, -0.2) is 13.6 Å². The van der Waals surface area contributed by atoms with E-state index in [4.69, 9.17) is 4.74 Å². The van der Waals surface area contributed by atoms with Crippen LogP contribution >= 0.6 is 15.9 Å². The summed E-state index contributed by atoms with van der Waals surface area (Å²) in [5.41, 5.74) is -1.12. The molecule has 0 spiro atoms. The van der Waals surface area contributed by atoms with E-state index in [0.29, 0.717) is 0 Å². The molecule has 112 valence electrons. The van der Waals surface area contributed by atoms with Crippen LogP contribution in [-0.2, 0) is 11.2 Å². The number of hydrogen-bond donors (Lipinski definition) is 1. The maximum absolute atomic E-state index is 14.1. The van der Waals surface area contributed by atoms with Gasteiger partial charge in [0.05, 0.1) is 22.0 Å². The number of carbonyl (C=O) groups is 1. The summed E-state index contributed by atoms with van der Waals surface area (Å²) < 4.78 is 32.6. The molecule has 7 heteroatoms. The number of halogens is 3. The van der Waals surface area contributed by atoms with Crippen LogP contribution < -0.4 is 5.43 Å². The lowest BCUT2D eigenvalue weighted by molar-refractivity contribution is 0.0524. The Morgan fingerprint density at radius 3 is 2.57 bits per heavy atom. The van der Waals surface area contributed by atoms with Crippen LogP contribution in [0.2, 0.25) is 0 Å². The van der Waals surface area contributed by atoms with Gasteiger partial charge in [0.15, 0.2) is 5.82 Å². The number of fused-ring (bicyclic) bond motifs is 1. The number of pyridine rings is 1. The van der Waals surface area contributed by atoms with Crippen molar-refractivity contribution in [1.82, 2.24) is 4.98 Å². The lowest BCUT2D eigenvalue weighted by atomic mass is 10.0. The van der Waals surface area contributed by atoms with Crippen LogP contribution in [0.15, 0.2) is 15.5 Å². The molecule has 4 nitrogen and oxygen atoms in total. The number of benzene rings is 1. The minimum atomic E-state index is -0.910. The molecular formula is C14H12BrF2NO3. The summed E-state index contributed by atoms with van der Waals surface area (Å²) in [7, 11) is 0. The van der Waals surface area contributed by atoms with E-state index >= 15 is 0 Å². The van der Waals surface area contributed by atoms with E-state index in [0.717, 1.165) is 6.20 Å². The van der Waals surface area contributed by atoms with Gasteiger partial charge < -0.3 is 9.72 Å². The van der Waals surface area contributed by atoms with Crippen molar-refractivity contribution in [2.45, 2.75) is 20.3 Å². The molecule has 0 aliphatic rings. The Balaban J connectivity index is 2.90. The Hall–Kier alpha value is -1.76. The highest BCUT2D eigenvalue weighted by molar-refractivity contribution is 9.10. The number of aromatic amines is 1. The molecule has 0 aliphatic heterocycles. The van der Waals surface area contributed by atoms with E-state index in [1.165, 1.54) is 0 Å². The predicted molar refractivity (Wildman–Crippen MR) is 77.5 cm³/mol. The van der Waals surface area contributed by atoms with Crippen LogP contribution in [0, 0.1) is 11.6 Å². The van der Waals surface area contributed by atoms with E-state index in [9.17, 15) is 18.4 Å². The monoisotopic (exact) mass is 359 g/mol. The third kappa shape index (κ3) is 2.46. The molecule has 0 saturated carbocycles. The molecule has 0 saturated heterocycles. The Labute approximate surface area is 127 Å². The average molecular weight is 360 g/mol. The third-order valence-electron chi connectivity index (χ3n) is 3.10. The zero-order valence-corrected chi connectivity index (χ0v) is 12.9. The molecule has 1 N–H and O–H groups in total. The SMILES string of the molecule is CCOC(=O)c1c[nH]c2c(F)c(Br)c(F)c(CC)c2c1=O. The van der Waals surface area contributed by atoms with Crippen molar-refractivity contribution in [3.8, 4) is 0 Å². The quantitative estimate of drug-likeness (QED) is 0.675. The first kappa shape index (κ1) is 15.6. The normalized spacial score (nSPS) is 10.9. The van der Waals surface area contributed by atoms with E-state index in [1.807, 2.05) is 0 Å². The number of nitrogens with one attached hydrogen (secondary N) is 1. The number of hydrogen-bond acceptors (Lipinski definition) is 3. The second kappa shape index (κ2) is 5.93. The molecule has 1 heterocycles. The molecule has 1 aromatic heterocycles. The number of ether oxygens (including phenoxy) is 1. The highest BCUT2D eigenvalue weighted by atomic mass is 79.9. The molecular weight excluding hydrogens is 348 g/mol. The molecule has 0 fully saturated rings. The number of carbonyl (C=O) groups excluding carboxylic acids is 1. The lowest BCUT2D eigenvalue weighted by Crippen LogP contribution is -2.20. The lowest BCUT2D eigenvalue weighted by Gasteiger charge is -2.10. The minimum absolute atomic E-state index is 0.0469. The van der Waals surface area contributed by atoms with Crippen LogP contribution in [-0.4, -0.2) is 17.6 Å². The fourth-order valence-electron chi connectivity index (χ4n) is 2.13. The van der Waals surface area contributed by atoms with Crippen molar-refractivity contribution < 1.29 is 18.3 Å². The Morgan fingerprint density at radius 2 is 2.00 bits per heavy atom. The van der Waals surface area contributed by atoms with E-state index < -0.39 is 23.0 Å². The molecule has 1 aromatic carbocycles. The van der Waals surface area contributed by atoms with Gasteiger partial charge in [-0.1, -0.05) is 6.92 Å². The van der Waals surface area contributed by atoms with Gasteiger partial charge in [0.2, 0.25) is 5.43 Å². The fraction of sp³-hybridized carbons (Fsp3) is 0.286.